The molecule has 1 aliphatic heterocycles. The fourth-order valence-corrected chi connectivity index (χ4v) is 2.16. The largest absolute Gasteiger partial charge is 0.493 e. The van der Waals surface area contributed by atoms with Crippen molar-refractivity contribution in [3.8, 4) is 11.5 Å². The number of rotatable bonds is 4. The van der Waals surface area contributed by atoms with E-state index in [2.05, 4.69) is 21.2 Å². The molecular weight excluding hydrogens is 286 g/mol. The van der Waals surface area contributed by atoms with E-state index in [-0.39, 0.29) is 6.10 Å². The number of benzene rings is 1. The highest BCUT2D eigenvalue weighted by Gasteiger charge is 2.16. The van der Waals surface area contributed by atoms with E-state index in [1.165, 1.54) is 0 Å². The quantitative estimate of drug-likeness (QED) is 0.921. The fourth-order valence-electron chi connectivity index (χ4n) is 1.69. The minimum Gasteiger partial charge on any atom is -0.493 e. The van der Waals surface area contributed by atoms with Gasteiger partial charge in [0.2, 0.25) is 0 Å². The van der Waals surface area contributed by atoms with Crippen LogP contribution in [0.5, 0.6) is 11.5 Å². The first-order chi connectivity index (χ1) is 8.31. The predicted molar refractivity (Wildman–Crippen MR) is 68.8 cm³/mol. The van der Waals surface area contributed by atoms with E-state index in [0.29, 0.717) is 6.61 Å². The van der Waals surface area contributed by atoms with Crippen LogP contribution in [0.2, 0.25) is 0 Å². The van der Waals surface area contributed by atoms with Crippen molar-refractivity contribution >= 4 is 15.9 Å². The first kappa shape index (κ1) is 12.7. The number of ether oxygens (including phenoxy) is 3. The average Bonchev–Trinajstić information content (AvgIpc) is 2.38. The van der Waals surface area contributed by atoms with Crippen molar-refractivity contribution in [1.29, 1.82) is 0 Å². The number of nitrogens with one attached hydrogen (secondary N) is 1. The molecule has 0 aromatic heterocycles. The highest BCUT2D eigenvalue weighted by atomic mass is 79.9. The molecule has 1 saturated heterocycles. The Hall–Kier alpha value is -0.780. The maximum absolute atomic E-state index is 5.76. The topological polar surface area (TPSA) is 39.7 Å². The lowest BCUT2D eigenvalue weighted by molar-refractivity contribution is -0.000423. The van der Waals surface area contributed by atoms with Gasteiger partial charge in [-0.25, -0.2) is 0 Å². The smallest absolute Gasteiger partial charge is 0.175 e. The summed E-state index contributed by atoms with van der Waals surface area (Å²) in [5.41, 5.74) is 0. The van der Waals surface area contributed by atoms with Crippen LogP contribution in [0.1, 0.15) is 0 Å². The van der Waals surface area contributed by atoms with Gasteiger partial charge >= 0.3 is 0 Å². The molecule has 0 spiro atoms. The van der Waals surface area contributed by atoms with Gasteiger partial charge in [0, 0.05) is 13.1 Å². The molecule has 0 bridgehead atoms. The molecule has 1 atom stereocenters. The summed E-state index contributed by atoms with van der Waals surface area (Å²) in [6, 6.07) is 5.71. The van der Waals surface area contributed by atoms with Crippen molar-refractivity contribution in [2.45, 2.75) is 6.10 Å². The molecule has 5 heteroatoms. The number of para-hydroxylation sites is 1. The van der Waals surface area contributed by atoms with Gasteiger partial charge in [0.1, 0.15) is 12.7 Å². The van der Waals surface area contributed by atoms with E-state index in [0.717, 1.165) is 35.7 Å². The molecule has 17 heavy (non-hydrogen) atoms. The SMILES string of the molecule is COc1cccc(Br)c1OCC1CNCCO1. The van der Waals surface area contributed by atoms with Crippen LogP contribution in [-0.4, -0.2) is 39.5 Å². The number of hydrogen-bond acceptors (Lipinski definition) is 4. The minimum absolute atomic E-state index is 0.0977. The lowest BCUT2D eigenvalue weighted by Crippen LogP contribution is -2.41. The van der Waals surface area contributed by atoms with Crippen LogP contribution in [0.15, 0.2) is 22.7 Å². The first-order valence-corrected chi connectivity index (χ1v) is 6.38. The summed E-state index contributed by atoms with van der Waals surface area (Å²) in [5, 5.41) is 3.27. The normalized spacial score (nSPS) is 20.0. The van der Waals surface area contributed by atoms with E-state index in [1.807, 2.05) is 18.2 Å². The molecule has 1 aromatic rings. The molecular formula is C12H16BrNO3. The molecule has 0 aliphatic carbocycles. The molecule has 0 radical (unpaired) electrons. The highest BCUT2D eigenvalue weighted by Crippen LogP contribution is 2.34. The lowest BCUT2D eigenvalue weighted by atomic mass is 10.3. The Labute approximate surface area is 109 Å². The number of halogens is 1. The van der Waals surface area contributed by atoms with E-state index in [1.54, 1.807) is 7.11 Å². The van der Waals surface area contributed by atoms with E-state index in [4.69, 9.17) is 14.2 Å². The Kier molecular flexibility index (Phi) is 4.65. The Bertz CT molecular complexity index is 367. The van der Waals surface area contributed by atoms with Gasteiger partial charge in [0.25, 0.3) is 0 Å². The van der Waals surface area contributed by atoms with Crippen molar-refractivity contribution in [3.05, 3.63) is 22.7 Å². The van der Waals surface area contributed by atoms with E-state index < -0.39 is 0 Å². The van der Waals surface area contributed by atoms with Gasteiger partial charge in [-0.2, -0.15) is 0 Å². The zero-order chi connectivity index (χ0) is 12.1. The third kappa shape index (κ3) is 3.34. The number of morpholine rings is 1. The summed E-state index contributed by atoms with van der Waals surface area (Å²) < 4.78 is 17.5. The van der Waals surface area contributed by atoms with Gasteiger partial charge in [-0.3, -0.25) is 0 Å². The maximum Gasteiger partial charge on any atom is 0.175 e. The summed E-state index contributed by atoms with van der Waals surface area (Å²) in [6.45, 7) is 2.99. The zero-order valence-corrected chi connectivity index (χ0v) is 11.3. The molecule has 4 nitrogen and oxygen atoms in total. The predicted octanol–water partition coefficient (Wildman–Crippen LogP) is 1.82. The molecule has 1 aromatic carbocycles. The van der Waals surface area contributed by atoms with Gasteiger partial charge in [0.15, 0.2) is 11.5 Å². The molecule has 0 amide bonds. The van der Waals surface area contributed by atoms with Crippen LogP contribution in [0.4, 0.5) is 0 Å². The minimum atomic E-state index is 0.0977. The van der Waals surface area contributed by atoms with Crippen molar-refractivity contribution in [3.63, 3.8) is 0 Å². The Balaban J connectivity index is 1.97. The van der Waals surface area contributed by atoms with Crippen LogP contribution in [0.25, 0.3) is 0 Å². The fraction of sp³-hybridized carbons (Fsp3) is 0.500. The van der Waals surface area contributed by atoms with Crippen LogP contribution in [-0.2, 0) is 4.74 Å². The molecule has 0 saturated carbocycles. The maximum atomic E-state index is 5.76. The molecule has 1 fully saturated rings. The van der Waals surface area contributed by atoms with Gasteiger partial charge in [-0.15, -0.1) is 0 Å². The van der Waals surface area contributed by atoms with Crippen molar-refractivity contribution in [1.82, 2.24) is 5.32 Å². The second kappa shape index (κ2) is 6.23. The molecule has 1 unspecified atom stereocenters. The Morgan fingerprint density at radius 2 is 2.41 bits per heavy atom. The van der Waals surface area contributed by atoms with E-state index >= 15 is 0 Å². The molecule has 1 N–H and O–H groups in total. The van der Waals surface area contributed by atoms with Crippen LogP contribution >= 0.6 is 15.9 Å². The summed E-state index contributed by atoms with van der Waals surface area (Å²) in [6.07, 6.45) is 0.0977. The van der Waals surface area contributed by atoms with Gasteiger partial charge < -0.3 is 19.5 Å². The molecule has 2 rings (SSSR count). The summed E-state index contributed by atoms with van der Waals surface area (Å²) in [5.74, 6) is 1.45. The molecule has 94 valence electrons. The number of methoxy groups -OCH3 is 1. The molecule has 1 aliphatic rings. The monoisotopic (exact) mass is 301 g/mol. The second-order valence-corrected chi connectivity index (χ2v) is 4.63. The third-order valence-corrected chi connectivity index (χ3v) is 3.19. The van der Waals surface area contributed by atoms with Crippen molar-refractivity contribution in [2.24, 2.45) is 0 Å². The summed E-state index contributed by atoms with van der Waals surface area (Å²) in [4.78, 5) is 0. The Morgan fingerprint density at radius 3 is 3.12 bits per heavy atom. The molecule has 1 heterocycles. The summed E-state index contributed by atoms with van der Waals surface area (Å²) in [7, 11) is 1.63. The van der Waals surface area contributed by atoms with Gasteiger partial charge in [0.05, 0.1) is 18.2 Å². The van der Waals surface area contributed by atoms with Crippen molar-refractivity contribution < 1.29 is 14.2 Å². The van der Waals surface area contributed by atoms with Crippen LogP contribution in [0, 0.1) is 0 Å². The van der Waals surface area contributed by atoms with Gasteiger partial charge in [-0.05, 0) is 28.1 Å². The standard InChI is InChI=1S/C12H16BrNO3/c1-15-11-4-2-3-10(13)12(11)17-8-9-7-14-5-6-16-9/h2-4,9,14H,5-8H2,1H3. The lowest BCUT2D eigenvalue weighted by Gasteiger charge is -2.24. The van der Waals surface area contributed by atoms with Gasteiger partial charge in [-0.1, -0.05) is 6.07 Å². The highest BCUT2D eigenvalue weighted by molar-refractivity contribution is 9.10. The average molecular weight is 302 g/mol. The van der Waals surface area contributed by atoms with E-state index in [9.17, 15) is 0 Å². The first-order valence-electron chi connectivity index (χ1n) is 5.59. The number of hydrogen-bond donors (Lipinski definition) is 1. The summed E-state index contributed by atoms with van der Waals surface area (Å²) >= 11 is 3.45. The van der Waals surface area contributed by atoms with Crippen molar-refractivity contribution in [2.75, 3.05) is 33.4 Å². The second-order valence-electron chi connectivity index (χ2n) is 3.78. The Morgan fingerprint density at radius 1 is 1.53 bits per heavy atom. The third-order valence-electron chi connectivity index (χ3n) is 2.57. The zero-order valence-electron chi connectivity index (χ0n) is 9.74. The van der Waals surface area contributed by atoms with Crippen LogP contribution < -0.4 is 14.8 Å². The van der Waals surface area contributed by atoms with Crippen LogP contribution in [0.3, 0.4) is 0 Å².